The number of rotatable bonds is 3. The number of nitrogens with two attached hydrogens (primary N) is 2. The van der Waals surface area contributed by atoms with Crippen LogP contribution in [-0.4, -0.2) is 0 Å². The Labute approximate surface area is 148 Å². The number of halogens is 3. The molecule has 0 aromatic heterocycles. The third kappa shape index (κ3) is 3.33. The van der Waals surface area contributed by atoms with Gasteiger partial charge in [0.25, 0.3) is 0 Å². The zero-order chi connectivity index (χ0) is 18.9. The number of benzene rings is 3. The molecular weight excluding hydrogens is 360 g/mol. The maximum Gasteiger partial charge on any atom is 0.416 e. The first-order valence-electron chi connectivity index (χ1n) is 7.71. The van der Waals surface area contributed by atoms with Crippen LogP contribution in [0.2, 0.25) is 0 Å². The lowest BCUT2D eigenvalue weighted by Gasteiger charge is -2.21. The largest absolute Gasteiger partial charge is 0.416 e. The molecule has 3 nitrogen and oxygen atoms in total. The number of hydrogen-bond acceptors (Lipinski definition) is 3. The summed E-state index contributed by atoms with van der Waals surface area (Å²) in [5.74, 6) is 0. The molecule has 26 heavy (non-hydrogen) atoms. The molecule has 0 bridgehead atoms. The molecule has 0 saturated heterocycles. The average molecular weight is 376 g/mol. The predicted molar refractivity (Wildman–Crippen MR) is 99.7 cm³/mol. The standard InChI is InChI=1S/C19H16F3N2OP/c20-19(21,22)13-7-9-16(10-8-13)26(25,17-5-1-3-14(23)11-17)18-6-2-4-15(24)12-18/h1-12H,23-24H2. The van der Waals surface area contributed by atoms with E-state index in [-0.39, 0.29) is 5.30 Å². The average Bonchev–Trinajstić information content (AvgIpc) is 2.60. The zero-order valence-corrected chi connectivity index (χ0v) is 14.5. The van der Waals surface area contributed by atoms with Gasteiger partial charge in [-0.05, 0) is 36.4 Å². The smallest absolute Gasteiger partial charge is 0.399 e. The van der Waals surface area contributed by atoms with Crippen LogP contribution in [0, 0.1) is 0 Å². The lowest BCUT2D eigenvalue weighted by atomic mass is 10.2. The van der Waals surface area contributed by atoms with E-state index in [2.05, 4.69) is 0 Å². The molecule has 0 amide bonds. The Morgan fingerprint density at radius 1 is 0.692 bits per heavy atom. The highest BCUT2D eigenvalue weighted by Crippen LogP contribution is 2.43. The van der Waals surface area contributed by atoms with Gasteiger partial charge in [0.05, 0.1) is 5.56 Å². The van der Waals surface area contributed by atoms with E-state index in [9.17, 15) is 17.7 Å². The molecule has 0 aliphatic heterocycles. The van der Waals surface area contributed by atoms with E-state index in [1.54, 1.807) is 48.5 Å². The van der Waals surface area contributed by atoms with Gasteiger partial charge in [-0.15, -0.1) is 0 Å². The fourth-order valence-corrected chi connectivity index (χ4v) is 5.47. The van der Waals surface area contributed by atoms with Crippen molar-refractivity contribution < 1.29 is 17.7 Å². The number of alkyl halides is 3. The van der Waals surface area contributed by atoms with Gasteiger partial charge in [0.1, 0.15) is 0 Å². The molecule has 3 aromatic rings. The normalized spacial score (nSPS) is 12.1. The molecule has 0 radical (unpaired) electrons. The van der Waals surface area contributed by atoms with Crippen LogP contribution in [0.5, 0.6) is 0 Å². The van der Waals surface area contributed by atoms with Crippen molar-refractivity contribution in [2.24, 2.45) is 0 Å². The molecular formula is C19H16F3N2OP. The fourth-order valence-electron chi connectivity index (χ4n) is 2.75. The number of hydrogen-bond donors (Lipinski definition) is 2. The van der Waals surface area contributed by atoms with Crippen molar-refractivity contribution in [2.75, 3.05) is 11.5 Å². The van der Waals surface area contributed by atoms with Crippen LogP contribution >= 0.6 is 7.14 Å². The van der Waals surface area contributed by atoms with Gasteiger partial charge in [0.2, 0.25) is 0 Å². The highest BCUT2D eigenvalue weighted by molar-refractivity contribution is 7.85. The summed E-state index contributed by atoms with van der Waals surface area (Å²) >= 11 is 0. The summed E-state index contributed by atoms with van der Waals surface area (Å²) in [7, 11) is -3.43. The molecule has 134 valence electrons. The molecule has 0 heterocycles. The van der Waals surface area contributed by atoms with Crippen molar-refractivity contribution in [3.63, 3.8) is 0 Å². The summed E-state index contributed by atoms with van der Waals surface area (Å²) in [5, 5.41) is 1.15. The minimum atomic E-state index is -4.46. The molecule has 7 heteroatoms. The van der Waals surface area contributed by atoms with E-state index in [0.717, 1.165) is 12.1 Å². The molecule has 4 N–H and O–H groups in total. The van der Waals surface area contributed by atoms with Gasteiger partial charge in [-0.25, -0.2) is 0 Å². The second kappa shape index (κ2) is 6.54. The Balaban J connectivity index is 2.23. The van der Waals surface area contributed by atoms with E-state index >= 15 is 0 Å². The highest BCUT2D eigenvalue weighted by Gasteiger charge is 2.33. The van der Waals surface area contributed by atoms with Crippen LogP contribution in [-0.2, 0) is 10.7 Å². The lowest BCUT2D eigenvalue weighted by molar-refractivity contribution is -0.137. The second-order valence-electron chi connectivity index (χ2n) is 5.84. The third-order valence-electron chi connectivity index (χ3n) is 4.03. The van der Waals surface area contributed by atoms with Crippen LogP contribution in [0.25, 0.3) is 0 Å². The van der Waals surface area contributed by atoms with Gasteiger partial charge in [-0.3, -0.25) is 0 Å². The first-order chi connectivity index (χ1) is 12.2. The lowest BCUT2D eigenvalue weighted by Crippen LogP contribution is -2.26. The molecule has 3 aromatic carbocycles. The van der Waals surface area contributed by atoms with Crippen molar-refractivity contribution >= 4 is 34.4 Å². The van der Waals surface area contributed by atoms with Crippen LogP contribution in [0.1, 0.15) is 5.56 Å². The summed E-state index contributed by atoms with van der Waals surface area (Å²) in [5.41, 5.74) is 11.7. The summed E-state index contributed by atoms with van der Waals surface area (Å²) in [6.07, 6.45) is -4.46. The molecule has 0 fully saturated rings. The number of nitrogen functional groups attached to an aromatic ring is 2. The molecule has 0 saturated carbocycles. The fraction of sp³-hybridized carbons (Fsp3) is 0.0526. The minimum Gasteiger partial charge on any atom is -0.399 e. The SMILES string of the molecule is Nc1cccc(P(=O)(c2ccc(C(F)(F)F)cc2)c2cccc(N)c2)c1. The van der Waals surface area contributed by atoms with Crippen molar-refractivity contribution in [1.82, 2.24) is 0 Å². The van der Waals surface area contributed by atoms with Gasteiger partial charge in [-0.1, -0.05) is 36.4 Å². The van der Waals surface area contributed by atoms with Gasteiger partial charge < -0.3 is 16.0 Å². The van der Waals surface area contributed by atoms with Gasteiger partial charge in [0, 0.05) is 27.3 Å². The predicted octanol–water partition coefficient (Wildman–Crippen LogP) is 3.51. The maximum atomic E-state index is 14.1. The van der Waals surface area contributed by atoms with Crippen LogP contribution < -0.4 is 27.4 Å². The quantitative estimate of drug-likeness (QED) is 0.543. The van der Waals surface area contributed by atoms with E-state index in [1.807, 2.05) is 0 Å². The molecule has 0 spiro atoms. The van der Waals surface area contributed by atoms with Crippen molar-refractivity contribution in [3.05, 3.63) is 78.4 Å². The zero-order valence-electron chi connectivity index (χ0n) is 13.6. The second-order valence-corrected chi connectivity index (χ2v) is 8.61. The molecule has 0 unspecified atom stereocenters. The summed E-state index contributed by atoms with van der Waals surface area (Å²) in [6.45, 7) is 0. The molecule has 0 aliphatic carbocycles. The van der Waals surface area contributed by atoms with Gasteiger partial charge in [-0.2, -0.15) is 13.2 Å². The molecule has 0 atom stereocenters. The Kier molecular flexibility index (Phi) is 4.55. The highest BCUT2D eigenvalue weighted by atomic mass is 31.2. The van der Waals surface area contributed by atoms with E-state index in [4.69, 9.17) is 11.5 Å². The van der Waals surface area contributed by atoms with Gasteiger partial charge >= 0.3 is 6.18 Å². The molecule has 0 aliphatic rings. The first-order valence-corrected chi connectivity index (χ1v) is 9.42. The van der Waals surface area contributed by atoms with Crippen molar-refractivity contribution in [1.29, 1.82) is 0 Å². The van der Waals surface area contributed by atoms with Crippen molar-refractivity contribution in [3.8, 4) is 0 Å². The van der Waals surface area contributed by atoms with Crippen LogP contribution in [0.4, 0.5) is 24.5 Å². The number of anilines is 2. The Hall–Kier alpha value is -2.72. The summed E-state index contributed by atoms with van der Waals surface area (Å²) in [4.78, 5) is 0. The van der Waals surface area contributed by atoms with Crippen LogP contribution in [0.3, 0.4) is 0 Å². The maximum absolute atomic E-state index is 14.1. The van der Waals surface area contributed by atoms with Crippen LogP contribution in [0.15, 0.2) is 72.8 Å². The van der Waals surface area contributed by atoms with E-state index in [0.29, 0.717) is 22.0 Å². The summed E-state index contributed by atoms with van der Waals surface area (Å²) in [6, 6.07) is 17.4. The van der Waals surface area contributed by atoms with E-state index < -0.39 is 18.9 Å². The monoisotopic (exact) mass is 376 g/mol. The Morgan fingerprint density at radius 3 is 1.54 bits per heavy atom. The Bertz CT molecular complexity index is 935. The van der Waals surface area contributed by atoms with Crippen molar-refractivity contribution in [2.45, 2.75) is 6.18 Å². The third-order valence-corrected chi connectivity index (χ3v) is 7.06. The summed E-state index contributed by atoms with van der Waals surface area (Å²) < 4.78 is 52.7. The topological polar surface area (TPSA) is 69.1 Å². The first kappa shape index (κ1) is 18.1. The minimum absolute atomic E-state index is 0.279. The van der Waals surface area contributed by atoms with E-state index in [1.165, 1.54) is 12.1 Å². The molecule has 3 rings (SSSR count). The van der Waals surface area contributed by atoms with Gasteiger partial charge in [0.15, 0.2) is 7.14 Å². The Morgan fingerprint density at radius 2 is 1.15 bits per heavy atom.